The number of hydrogen-bond acceptors (Lipinski definition) is 6. The first-order valence-electron chi connectivity index (χ1n) is 14.6. The van der Waals surface area contributed by atoms with Crippen molar-refractivity contribution in [3.63, 3.8) is 0 Å². The zero-order valence-corrected chi connectivity index (χ0v) is 25.2. The van der Waals surface area contributed by atoms with Crippen LogP contribution in [0.4, 0.5) is 10.2 Å². The quantitative estimate of drug-likeness (QED) is 0.329. The number of nitrogens with zero attached hydrogens (tertiary/aromatic N) is 1. The molecule has 0 saturated heterocycles. The summed E-state index contributed by atoms with van der Waals surface area (Å²) in [6, 6.07) is 7.78. The van der Waals surface area contributed by atoms with E-state index in [2.05, 4.69) is 63.6 Å². The Labute approximate surface area is 238 Å². The summed E-state index contributed by atoms with van der Waals surface area (Å²) in [6.07, 6.45) is 4.29. The molecule has 1 aromatic heterocycles. The molecule has 40 heavy (non-hydrogen) atoms. The van der Waals surface area contributed by atoms with E-state index in [1.807, 2.05) is 0 Å². The largest absolute Gasteiger partial charge is 0.483 e. The zero-order chi connectivity index (χ0) is 29.3. The summed E-state index contributed by atoms with van der Waals surface area (Å²) in [7, 11) is 0. The average molecular weight is 555 g/mol. The van der Waals surface area contributed by atoms with Crippen LogP contribution < -0.4 is 20.7 Å². The lowest BCUT2D eigenvalue weighted by Crippen LogP contribution is -2.52. The van der Waals surface area contributed by atoms with Crippen LogP contribution in [0.25, 0.3) is 0 Å². The summed E-state index contributed by atoms with van der Waals surface area (Å²) in [5.41, 5.74) is 2.55. The second kappa shape index (κ2) is 11.6. The highest BCUT2D eigenvalue weighted by molar-refractivity contribution is 5.73. The number of halogens is 1. The molecule has 4 N–H and O–H groups in total. The normalized spacial score (nSPS) is 19.7. The van der Waals surface area contributed by atoms with Crippen molar-refractivity contribution in [2.45, 2.75) is 116 Å². The van der Waals surface area contributed by atoms with Crippen LogP contribution in [0, 0.1) is 11.2 Å². The standard InChI is InChI=1S/C32H47FN4O3/c1-20(38)35-25(15-21-9-11-22(33)12-10-21)27(39)19-34-26-18-32(13-8-14-32)40-28-24(26)16-23(17-30(2,3)4)36-29(28)37-31(5,6)7/h9-12,16,25-27,34,39H,8,13-15,17-19H2,1-7H3,(H,35,38)(H,36,37)/t25-,26-,27+/m0/s1. The van der Waals surface area contributed by atoms with Gasteiger partial charge in [0.05, 0.1) is 12.1 Å². The number of carbonyl (C=O) groups excluding carboxylic acids is 1. The van der Waals surface area contributed by atoms with Crippen LogP contribution in [-0.4, -0.2) is 45.8 Å². The fraction of sp³-hybridized carbons (Fsp3) is 0.625. The number of nitrogens with one attached hydrogen (secondary N) is 3. The van der Waals surface area contributed by atoms with Crippen LogP contribution in [0.1, 0.15) is 97.0 Å². The van der Waals surface area contributed by atoms with Crippen molar-refractivity contribution in [1.82, 2.24) is 15.6 Å². The molecule has 2 heterocycles. The first-order chi connectivity index (χ1) is 18.6. The highest BCUT2D eigenvalue weighted by Gasteiger charge is 2.47. The summed E-state index contributed by atoms with van der Waals surface area (Å²) in [4.78, 5) is 17.0. The van der Waals surface area contributed by atoms with Gasteiger partial charge in [-0.2, -0.15) is 0 Å². The molecular weight excluding hydrogens is 507 g/mol. The number of benzene rings is 1. The summed E-state index contributed by atoms with van der Waals surface area (Å²) in [5.74, 6) is 1.04. The van der Waals surface area contributed by atoms with Crippen molar-refractivity contribution in [3.8, 4) is 5.75 Å². The lowest BCUT2D eigenvalue weighted by atomic mass is 9.72. The van der Waals surface area contributed by atoms with E-state index in [1.54, 1.807) is 12.1 Å². The van der Waals surface area contributed by atoms with E-state index < -0.39 is 12.1 Å². The number of aliphatic hydroxyl groups excluding tert-OH is 1. The number of hydrogen-bond donors (Lipinski definition) is 4. The number of rotatable bonds is 9. The molecule has 1 amide bonds. The highest BCUT2D eigenvalue weighted by atomic mass is 19.1. The van der Waals surface area contributed by atoms with Crippen molar-refractivity contribution in [2.24, 2.45) is 5.41 Å². The molecule has 7 nitrogen and oxygen atoms in total. The number of amides is 1. The number of anilines is 1. The fourth-order valence-corrected chi connectivity index (χ4v) is 5.67. The second-order valence-electron chi connectivity index (χ2n) is 14.0. The molecule has 1 aliphatic carbocycles. The number of aromatic nitrogens is 1. The minimum Gasteiger partial charge on any atom is -0.483 e. The van der Waals surface area contributed by atoms with Crippen molar-refractivity contribution in [3.05, 3.63) is 53.0 Å². The van der Waals surface area contributed by atoms with Gasteiger partial charge in [0, 0.05) is 42.7 Å². The van der Waals surface area contributed by atoms with Gasteiger partial charge in [0.25, 0.3) is 0 Å². The Morgan fingerprint density at radius 3 is 2.40 bits per heavy atom. The Bertz CT molecular complexity index is 1180. The average Bonchev–Trinajstić information content (AvgIpc) is 2.80. The summed E-state index contributed by atoms with van der Waals surface area (Å²) < 4.78 is 20.2. The molecule has 4 rings (SSSR count). The van der Waals surface area contributed by atoms with Crippen LogP contribution in [0.5, 0.6) is 5.75 Å². The Hall–Kier alpha value is -2.71. The van der Waals surface area contributed by atoms with E-state index >= 15 is 0 Å². The predicted octanol–water partition coefficient (Wildman–Crippen LogP) is 5.46. The lowest BCUT2D eigenvalue weighted by molar-refractivity contribution is -0.120. The van der Waals surface area contributed by atoms with Gasteiger partial charge in [-0.1, -0.05) is 32.9 Å². The van der Waals surface area contributed by atoms with E-state index in [1.165, 1.54) is 19.1 Å². The third-order valence-electron chi connectivity index (χ3n) is 7.59. The summed E-state index contributed by atoms with van der Waals surface area (Å²) >= 11 is 0. The summed E-state index contributed by atoms with van der Waals surface area (Å²) in [5, 5.41) is 21.4. The van der Waals surface area contributed by atoms with E-state index in [0.29, 0.717) is 6.42 Å². The number of carbonyl (C=O) groups is 1. The van der Waals surface area contributed by atoms with Gasteiger partial charge in [-0.3, -0.25) is 4.79 Å². The number of fused-ring (bicyclic) bond motifs is 1. The molecule has 1 aliphatic heterocycles. The molecular formula is C32H47FN4O3. The zero-order valence-electron chi connectivity index (χ0n) is 25.2. The number of aliphatic hydroxyl groups is 1. The molecule has 2 aliphatic rings. The molecule has 1 spiro atoms. The molecule has 3 atom stereocenters. The maximum atomic E-state index is 13.4. The Morgan fingerprint density at radius 2 is 1.85 bits per heavy atom. The van der Waals surface area contributed by atoms with Gasteiger partial charge in [-0.25, -0.2) is 9.37 Å². The van der Waals surface area contributed by atoms with Crippen LogP contribution in [0.2, 0.25) is 0 Å². The second-order valence-corrected chi connectivity index (χ2v) is 14.0. The van der Waals surface area contributed by atoms with Crippen LogP contribution >= 0.6 is 0 Å². The molecule has 0 unspecified atom stereocenters. The van der Waals surface area contributed by atoms with Gasteiger partial charge in [0.1, 0.15) is 11.4 Å². The fourth-order valence-electron chi connectivity index (χ4n) is 5.67. The van der Waals surface area contributed by atoms with Gasteiger partial charge in [0.2, 0.25) is 5.91 Å². The third kappa shape index (κ3) is 7.94. The minimum absolute atomic E-state index is 0.0373. The number of ether oxygens (including phenoxy) is 1. The molecule has 220 valence electrons. The van der Waals surface area contributed by atoms with Crippen LogP contribution in [-0.2, 0) is 17.6 Å². The Balaban J connectivity index is 1.61. The van der Waals surface area contributed by atoms with Gasteiger partial charge in [0.15, 0.2) is 11.6 Å². The Kier molecular flexibility index (Phi) is 8.81. The SMILES string of the molecule is CC(=O)N[C@@H](Cc1ccc(F)cc1)[C@H](O)CN[C@H]1CC2(CCC2)Oc2c1cc(CC(C)(C)C)nc2NC(C)(C)C. The molecule has 0 bridgehead atoms. The van der Waals surface area contributed by atoms with Gasteiger partial charge < -0.3 is 25.8 Å². The topological polar surface area (TPSA) is 95.5 Å². The first-order valence-corrected chi connectivity index (χ1v) is 14.6. The van der Waals surface area contributed by atoms with Gasteiger partial charge >= 0.3 is 0 Å². The minimum atomic E-state index is -0.847. The molecule has 1 saturated carbocycles. The van der Waals surface area contributed by atoms with E-state index in [9.17, 15) is 14.3 Å². The van der Waals surface area contributed by atoms with Crippen molar-refractivity contribution in [1.29, 1.82) is 0 Å². The predicted molar refractivity (Wildman–Crippen MR) is 157 cm³/mol. The van der Waals surface area contributed by atoms with E-state index in [4.69, 9.17) is 9.72 Å². The van der Waals surface area contributed by atoms with Crippen molar-refractivity contribution < 1.29 is 19.0 Å². The Morgan fingerprint density at radius 1 is 1.18 bits per heavy atom. The smallest absolute Gasteiger partial charge is 0.217 e. The third-order valence-corrected chi connectivity index (χ3v) is 7.59. The maximum Gasteiger partial charge on any atom is 0.217 e. The monoisotopic (exact) mass is 554 g/mol. The molecule has 1 fully saturated rings. The van der Waals surface area contributed by atoms with Crippen LogP contribution in [0.15, 0.2) is 30.3 Å². The molecule has 0 radical (unpaired) electrons. The maximum absolute atomic E-state index is 13.4. The lowest BCUT2D eigenvalue weighted by Gasteiger charge is -2.49. The van der Waals surface area contributed by atoms with Crippen LogP contribution in [0.3, 0.4) is 0 Å². The van der Waals surface area contributed by atoms with Gasteiger partial charge in [-0.05, 0) is 82.1 Å². The molecule has 2 aromatic rings. The molecule has 1 aromatic carbocycles. The first kappa shape index (κ1) is 30.3. The molecule has 8 heteroatoms. The summed E-state index contributed by atoms with van der Waals surface area (Å²) in [6.45, 7) is 14.7. The van der Waals surface area contributed by atoms with E-state index in [0.717, 1.165) is 60.5 Å². The van der Waals surface area contributed by atoms with Gasteiger partial charge in [-0.15, -0.1) is 0 Å². The van der Waals surface area contributed by atoms with Crippen molar-refractivity contribution in [2.75, 3.05) is 11.9 Å². The number of pyridine rings is 1. The highest BCUT2D eigenvalue weighted by Crippen LogP contribution is 2.51. The van der Waals surface area contributed by atoms with E-state index in [-0.39, 0.29) is 40.9 Å². The van der Waals surface area contributed by atoms with Crippen molar-refractivity contribution >= 4 is 11.7 Å².